The summed E-state index contributed by atoms with van der Waals surface area (Å²) < 4.78 is 23.1. The molecule has 0 atom stereocenters. The number of Topliss-reactive ketones (excluding diaryl/α,β-unsaturated/α-hetero) is 1. The Morgan fingerprint density at radius 3 is 1.96 bits per heavy atom. The fourth-order valence-corrected chi connectivity index (χ4v) is 1.37. The minimum atomic E-state index is -0.486. The van der Waals surface area contributed by atoms with Crippen LogP contribution in [0.5, 0.6) is 0 Å². The van der Waals surface area contributed by atoms with Crippen LogP contribution in [0.25, 0.3) is 0 Å². The third-order valence-corrected chi connectivity index (χ3v) is 2.65. The van der Waals surface area contributed by atoms with Gasteiger partial charge < -0.3 is 14.8 Å². The summed E-state index contributed by atoms with van der Waals surface area (Å²) in [5.41, 5.74) is -0.748. The average molecular weight is 335 g/mol. The molecule has 0 unspecified atom stereocenters. The van der Waals surface area contributed by atoms with Gasteiger partial charge in [-0.15, -0.1) is 0 Å². The van der Waals surface area contributed by atoms with E-state index in [-0.39, 0.29) is 30.3 Å². The van der Waals surface area contributed by atoms with Crippen LogP contribution >= 0.6 is 0 Å². The number of hydrogen-bond acceptors (Lipinski definition) is 4. The second-order valence-electron chi connectivity index (χ2n) is 6.93. The Bertz CT molecular complexity index is 343. The lowest BCUT2D eigenvalue weighted by Crippen LogP contribution is -2.39. The normalized spacial score (nSPS) is 11.5. The molecule has 0 aliphatic heterocycles. The highest BCUT2D eigenvalue weighted by molar-refractivity contribution is 5.79. The predicted molar refractivity (Wildman–Crippen MR) is 90.2 cm³/mol. The van der Waals surface area contributed by atoms with Gasteiger partial charge in [0, 0.05) is 17.4 Å². The number of ether oxygens (including phenoxy) is 2. The van der Waals surface area contributed by atoms with Crippen molar-refractivity contribution in [1.82, 2.24) is 5.32 Å². The van der Waals surface area contributed by atoms with Gasteiger partial charge in [-0.05, 0) is 6.92 Å². The zero-order valence-corrected chi connectivity index (χ0v) is 15.8. The number of rotatable bonds is 11. The minimum Gasteiger partial charge on any atom is -0.380 e. The van der Waals surface area contributed by atoms with Crippen molar-refractivity contribution in [1.29, 1.82) is 0 Å². The van der Waals surface area contributed by atoms with Crippen LogP contribution < -0.4 is 5.32 Å². The maximum absolute atomic E-state index is 12.6. The van der Waals surface area contributed by atoms with Crippen LogP contribution in [0.2, 0.25) is 0 Å². The minimum absolute atomic E-state index is 0.0573. The Labute approximate surface area is 140 Å². The molecular formula is C17H34FNO4. The monoisotopic (exact) mass is 335 g/mol. The summed E-state index contributed by atoms with van der Waals surface area (Å²) in [4.78, 5) is 22.2. The molecule has 1 amide bonds. The quantitative estimate of drug-likeness (QED) is 0.630. The van der Waals surface area contributed by atoms with Gasteiger partial charge in [0.2, 0.25) is 5.91 Å². The fraction of sp³-hybridized carbons (Fsp3) is 0.882. The van der Waals surface area contributed by atoms with Crippen LogP contribution in [0.15, 0.2) is 0 Å². The number of carbonyl (C=O) groups excluding carboxylic acids is 2. The zero-order chi connectivity index (χ0) is 18.5. The molecular weight excluding hydrogens is 301 g/mol. The lowest BCUT2D eigenvalue weighted by molar-refractivity contribution is -0.129. The molecule has 23 heavy (non-hydrogen) atoms. The van der Waals surface area contributed by atoms with E-state index in [1.807, 2.05) is 27.7 Å². The second kappa shape index (κ2) is 12.4. The number of halogens is 1. The molecule has 0 aliphatic carbocycles. The standard InChI is InChI=1S/C15H28FNO4.C2H6/c1-12(18)6-20-7-13(19)17-9-15(4,5)11-21-10-14(2,3)8-16;1-2/h6-11H2,1-5H3,(H,17,19);1-2H3. The molecule has 1 N–H and O–H groups in total. The van der Waals surface area contributed by atoms with E-state index in [0.717, 1.165) is 0 Å². The first-order chi connectivity index (χ1) is 10.6. The van der Waals surface area contributed by atoms with Crippen LogP contribution in [-0.4, -0.2) is 51.3 Å². The molecule has 0 aliphatic rings. The van der Waals surface area contributed by atoms with Gasteiger partial charge in [0.1, 0.15) is 13.2 Å². The maximum atomic E-state index is 12.6. The summed E-state index contributed by atoms with van der Waals surface area (Å²) in [5.74, 6) is -0.388. The number of carbonyl (C=O) groups is 2. The molecule has 0 aromatic rings. The third kappa shape index (κ3) is 15.7. The molecule has 138 valence electrons. The highest BCUT2D eigenvalue weighted by atomic mass is 19.1. The van der Waals surface area contributed by atoms with E-state index in [1.165, 1.54) is 6.92 Å². The van der Waals surface area contributed by atoms with E-state index in [4.69, 9.17) is 9.47 Å². The second-order valence-corrected chi connectivity index (χ2v) is 6.93. The van der Waals surface area contributed by atoms with Gasteiger partial charge in [-0.1, -0.05) is 41.5 Å². The Morgan fingerprint density at radius 1 is 0.957 bits per heavy atom. The van der Waals surface area contributed by atoms with Gasteiger partial charge in [-0.25, -0.2) is 0 Å². The summed E-state index contributed by atoms with van der Waals surface area (Å²) in [6.07, 6.45) is 0. The molecule has 0 fully saturated rings. The van der Waals surface area contributed by atoms with E-state index < -0.39 is 12.1 Å². The lowest BCUT2D eigenvalue weighted by atomic mass is 9.94. The van der Waals surface area contributed by atoms with Crippen molar-refractivity contribution in [2.45, 2.75) is 48.5 Å². The Morgan fingerprint density at radius 2 is 1.48 bits per heavy atom. The van der Waals surface area contributed by atoms with Crippen LogP contribution in [-0.2, 0) is 19.1 Å². The molecule has 0 saturated carbocycles. The molecule has 0 rings (SSSR count). The number of hydrogen-bond donors (Lipinski definition) is 1. The van der Waals surface area contributed by atoms with Crippen LogP contribution in [0.3, 0.4) is 0 Å². The van der Waals surface area contributed by atoms with Crippen molar-refractivity contribution >= 4 is 11.7 Å². The molecule has 5 nitrogen and oxygen atoms in total. The molecule has 0 bridgehead atoms. The predicted octanol–water partition coefficient (Wildman–Crippen LogP) is 2.77. The van der Waals surface area contributed by atoms with Gasteiger partial charge in [0.05, 0.1) is 19.9 Å². The Hall–Kier alpha value is -1.01. The first-order valence-corrected chi connectivity index (χ1v) is 8.06. The zero-order valence-electron chi connectivity index (χ0n) is 15.8. The molecule has 6 heteroatoms. The van der Waals surface area contributed by atoms with E-state index in [2.05, 4.69) is 5.32 Å². The first-order valence-electron chi connectivity index (χ1n) is 8.06. The van der Waals surface area contributed by atoms with E-state index in [1.54, 1.807) is 13.8 Å². The summed E-state index contributed by atoms with van der Waals surface area (Å²) in [6.45, 7) is 13.5. The largest absolute Gasteiger partial charge is 0.380 e. The highest BCUT2D eigenvalue weighted by Crippen LogP contribution is 2.19. The van der Waals surface area contributed by atoms with Crippen LogP contribution in [0.4, 0.5) is 4.39 Å². The number of amides is 1. The summed E-state index contributed by atoms with van der Waals surface area (Å²) in [5, 5.41) is 2.73. The average Bonchev–Trinajstić information content (AvgIpc) is 2.46. The lowest BCUT2D eigenvalue weighted by Gasteiger charge is -2.27. The van der Waals surface area contributed by atoms with E-state index >= 15 is 0 Å². The number of nitrogens with one attached hydrogen (secondary N) is 1. The molecule has 0 saturated heterocycles. The highest BCUT2D eigenvalue weighted by Gasteiger charge is 2.23. The Kier molecular flexibility index (Phi) is 13.1. The number of alkyl halides is 1. The molecule has 0 heterocycles. The first kappa shape index (κ1) is 24.2. The van der Waals surface area contributed by atoms with Crippen molar-refractivity contribution in [2.75, 3.05) is 39.6 Å². The van der Waals surface area contributed by atoms with Crippen LogP contribution in [0, 0.1) is 10.8 Å². The maximum Gasteiger partial charge on any atom is 0.246 e. The van der Waals surface area contributed by atoms with Crippen molar-refractivity contribution in [3.8, 4) is 0 Å². The third-order valence-electron chi connectivity index (χ3n) is 2.65. The van der Waals surface area contributed by atoms with Gasteiger partial charge in [0.15, 0.2) is 5.78 Å². The van der Waals surface area contributed by atoms with Crippen molar-refractivity contribution in [3.63, 3.8) is 0 Å². The van der Waals surface area contributed by atoms with Crippen molar-refractivity contribution in [2.24, 2.45) is 10.8 Å². The van der Waals surface area contributed by atoms with Crippen molar-refractivity contribution in [3.05, 3.63) is 0 Å². The van der Waals surface area contributed by atoms with E-state index in [9.17, 15) is 14.0 Å². The topological polar surface area (TPSA) is 64.6 Å². The molecule has 0 aromatic heterocycles. The fourth-order valence-electron chi connectivity index (χ4n) is 1.37. The SMILES string of the molecule is CC.CC(=O)COCC(=O)NCC(C)(C)COCC(C)(C)CF. The van der Waals surface area contributed by atoms with Gasteiger partial charge >= 0.3 is 0 Å². The smallest absolute Gasteiger partial charge is 0.246 e. The molecule has 0 aromatic carbocycles. The number of ketones is 1. The molecule has 0 radical (unpaired) electrons. The van der Waals surface area contributed by atoms with Gasteiger partial charge in [0.25, 0.3) is 0 Å². The molecule has 0 spiro atoms. The van der Waals surface area contributed by atoms with Crippen molar-refractivity contribution < 1.29 is 23.5 Å². The summed E-state index contributed by atoms with van der Waals surface area (Å²) >= 11 is 0. The Balaban J connectivity index is 0. The summed E-state index contributed by atoms with van der Waals surface area (Å²) in [7, 11) is 0. The van der Waals surface area contributed by atoms with Gasteiger partial charge in [-0.3, -0.25) is 14.0 Å². The summed E-state index contributed by atoms with van der Waals surface area (Å²) in [6, 6.07) is 0. The van der Waals surface area contributed by atoms with Gasteiger partial charge in [-0.2, -0.15) is 0 Å². The van der Waals surface area contributed by atoms with E-state index in [0.29, 0.717) is 19.8 Å². The van der Waals surface area contributed by atoms with Crippen LogP contribution in [0.1, 0.15) is 48.5 Å².